The van der Waals surface area contributed by atoms with Crippen LogP contribution in [0.15, 0.2) is 23.8 Å². The van der Waals surface area contributed by atoms with E-state index < -0.39 is 0 Å². The minimum Gasteiger partial charge on any atom is -0.377 e. The third kappa shape index (κ3) is 1.92. The van der Waals surface area contributed by atoms with Crippen LogP contribution in [0.2, 0.25) is 0 Å². The van der Waals surface area contributed by atoms with Crippen molar-refractivity contribution in [1.82, 2.24) is 0 Å². The molecule has 0 N–H and O–H groups in total. The van der Waals surface area contributed by atoms with Crippen molar-refractivity contribution in [3.8, 4) is 0 Å². The van der Waals surface area contributed by atoms with Crippen molar-refractivity contribution in [2.75, 3.05) is 7.11 Å². The van der Waals surface area contributed by atoms with Crippen molar-refractivity contribution in [2.45, 2.75) is 52.1 Å². The maximum Gasteiger partial charge on any atom is 0.178 e. The molecule has 4 aliphatic carbocycles. The molecular formula is C20H26O3. The number of hydrogen-bond donors (Lipinski definition) is 0. The van der Waals surface area contributed by atoms with Crippen LogP contribution >= 0.6 is 0 Å². The average molecular weight is 314 g/mol. The van der Waals surface area contributed by atoms with Gasteiger partial charge in [0.25, 0.3) is 0 Å². The van der Waals surface area contributed by atoms with Gasteiger partial charge in [-0.2, -0.15) is 0 Å². The van der Waals surface area contributed by atoms with Crippen LogP contribution in [-0.4, -0.2) is 24.8 Å². The maximum atomic E-state index is 12.5. The van der Waals surface area contributed by atoms with Crippen molar-refractivity contribution in [3.05, 3.63) is 23.8 Å². The highest BCUT2D eigenvalue weighted by molar-refractivity contribution is 6.01. The Hall–Kier alpha value is -1.22. The largest absolute Gasteiger partial charge is 0.377 e. The van der Waals surface area contributed by atoms with Crippen LogP contribution in [0.25, 0.3) is 0 Å². The van der Waals surface area contributed by atoms with Crippen LogP contribution in [-0.2, 0) is 14.3 Å². The Bertz CT molecular complexity index is 631. The molecule has 4 aliphatic rings. The molecule has 0 saturated heterocycles. The van der Waals surface area contributed by atoms with E-state index in [9.17, 15) is 9.59 Å². The molecule has 3 heteroatoms. The van der Waals surface area contributed by atoms with Crippen molar-refractivity contribution in [3.63, 3.8) is 0 Å². The van der Waals surface area contributed by atoms with E-state index in [1.165, 1.54) is 0 Å². The van der Waals surface area contributed by atoms with Gasteiger partial charge in [-0.1, -0.05) is 19.9 Å². The average Bonchev–Trinajstić information content (AvgIpc) is 2.83. The molecule has 3 saturated carbocycles. The fourth-order valence-electron chi connectivity index (χ4n) is 6.22. The minimum absolute atomic E-state index is 0.00759. The first-order valence-corrected chi connectivity index (χ1v) is 8.91. The maximum absolute atomic E-state index is 12.5. The van der Waals surface area contributed by atoms with E-state index >= 15 is 0 Å². The fourth-order valence-corrected chi connectivity index (χ4v) is 6.22. The summed E-state index contributed by atoms with van der Waals surface area (Å²) in [6.07, 6.45) is 10.5. The van der Waals surface area contributed by atoms with Crippen molar-refractivity contribution in [1.29, 1.82) is 0 Å². The van der Waals surface area contributed by atoms with Crippen LogP contribution in [0.4, 0.5) is 0 Å². The van der Waals surface area contributed by atoms with E-state index in [0.717, 1.165) is 37.7 Å². The molecule has 0 bridgehead atoms. The summed E-state index contributed by atoms with van der Waals surface area (Å²) in [7, 11) is 1.75. The number of ether oxygens (including phenoxy) is 1. The second kappa shape index (κ2) is 4.89. The van der Waals surface area contributed by atoms with E-state index in [-0.39, 0.29) is 22.7 Å². The summed E-state index contributed by atoms with van der Waals surface area (Å²) in [5.41, 5.74) is 0.942. The molecule has 3 fully saturated rings. The molecule has 4 rings (SSSR count). The zero-order valence-corrected chi connectivity index (χ0v) is 14.3. The molecule has 0 spiro atoms. The van der Waals surface area contributed by atoms with Crippen molar-refractivity contribution >= 4 is 11.6 Å². The number of carbonyl (C=O) groups excluding carboxylic acids is 2. The van der Waals surface area contributed by atoms with Gasteiger partial charge < -0.3 is 4.74 Å². The number of fused-ring (bicyclic) bond motifs is 5. The topological polar surface area (TPSA) is 43.4 Å². The van der Waals surface area contributed by atoms with Gasteiger partial charge >= 0.3 is 0 Å². The first-order valence-electron chi connectivity index (χ1n) is 8.91. The normalized spacial score (nSPS) is 48.6. The highest BCUT2D eigenvalue weighted by atomic mass is 16.5. The Balaban J connectivity index is 1.77. The van der Waals surface area contributed by atoms with Crippen LogP contribution in [0.5, 0.6) is 0 Å². The van der Waals surface area contributed by atoms with E-state index in [2.05, 4.69) is 19.9 Å². The van der Waals surface area contributed by atoms with E-state index in [4.69, 9.17) is 4.74 Å². The highest BCUT2D eigenvalue weighted by Crippen LogP contribution is 2.63. The Morgan fingerprint density at radius 3 is 2.70 bits per heavy atom. The lowest BCUT2D eigenvalue weighted by Gasteiger charge is -2.57. The number of hydrogen-bond acceptors (Lipinski definition) is 3. The molecule has 3 nitrogen and oxygen atoms in total. The first-order chi connectivity index (χ1) is 10.9. The monoisotopic (exact) mass is 314 g/mol. The van der Waals surface area contributed by atoms with E-state index in [0.29, 0.717) is 23.5 Å². The second-order valence-corrected chi connectivity index (χ2v) is 8.37. The molecule has 0 aliphatic heterocycles. The molecule has 0 aromatic carbocycles. The fraction of sp³-hybridized carbons (Fsp3) is 0.700. The summed E-state index contributed by atoms with van der Waals surface area (Å²) in [5.74, 6) is 2.07. The number of allylic oxidation sites excluding steroid dienone is 3. The zero-order chi connectivity index (χ0) is 16.4. The lowest BCUT2D eigenvalue weighted by molar-refractivity contribution is -0.133. The molecule has 6 atom stereocenters. The van der Waals surface area contributed by atoms with Gasteiger partial charge in [-0.3, -0.25) is 9.59 Å². The Kier molecular flexibility index (Phi) is 3.26. The second-order valence-electron chi connectivity index (χ2n) is 8.37. The van der Waals surface area contributed by atoms with Gasteiger partial charge in [0.05, 0.1) is 6.10 Å². The van der Waals surface area contributed by atoms with Crippen LogP contribution in [0.3, 0.4) is 0 Å². The molecule has 0 radical (unpaired) electrons. The van der Waals surface area contributed by atoms with Gasteiger partial charge in [0.1, 0.15) is 5.78 Å². The summed E-state index contributed by atoms with van der Waals surface area (Å²) >= 11 is 0. The van der Waals surface area contributed by atoms with Gasteiger partial charge in [-0.25, -0.2) is 0 Å². The zero-order valence-electron chi connectivity index (χ0n) is 14.3. The minimum atomic E-state index is -0.120. The Labute approximate surface area is 138 Å². The predicted molar refractivity (Wildman–Crippen MR) is 87.8 cm³/mol. The number of methoxy groups -OCH3 is 1. The van der Waals surface area contributed by atoms with Crippen molar-refractivity contribution < 1.29 is 14.3 Å². The number of ketones is 2. The third-order valence-corrected chi connectivity index (χ3v) is 7.55. The predicted octanol–water partition coefficient (Wildman–Crippen LogP) is 3.49. The Morgan fingerprint density at radius 1 is 1.17 bits per heavy atom. The summed E-state index contributed by atoms with van der Waals surface area (Å²) in [4.78, 5) is 24.4. The molecular weight excluding hydrogens is 288 g/mol. The number of Topliss-reactive ketones (excluding diaryl/α,β-unsaturated/α-hetero) is 1. The van der Waals surface area contributed by atoms with Crippen LogP contribution in [0.1, 0.15) is 46.0 Å². The van der Waals surface area contributed by atoms with E-state index in [1.54, 1.807) is 19.3 Å². The van der Waals surface area contributed by atoms with Gasteiger partial charge in [-0.05, 0) is 61.2 Å². The van der Waals surface area contributed by atoms with Crippen LogP contribution in [0, 0.1) is 28.6 Å². The highest BCUT2D eigenvalue weighted by Gasteiger charge is 2.60. The van der Waals surface area contributed by atoms with Gasteiger partial charge in [-0.15, -0.1) is 0 Å². The molecule has 0 amide bonds. The first kappa shape index (κ1) is 15.3. The quantitative estimate of drug-likeness (QED) is 0.744. The molecule has 0 unspecified atom stereocenters. The lowest BCUT2D eigenvalue weighted by atomic mass is 9.48. The number of rotatable bonds is 1. The van der Waals surface area contributed by atoms with Gasteiger partial charge in [0, 0.05) is 24.4 Å². The SMILES string of the molecule is CO[C@@H]1C[C@@H]2[C@H](CC[C@]3(C)C(=O)CC[C@@H]23)[C@@]2(C)C=CC(=O)C=C12. The standard InChI is InChI=1S/C20H26O3/c1-19-8-6-12(21)10-16(19)17(23-3)11-13-14-4-5-18(22)20(14,2)9-7-15(13)19/h6,8,10,13-15,17H,4-5,7,9,11H2,1-3H3/t13-,14-,15-,17+,19+,20-/m0/s1. The summed E-state index contributed by atoms with van der Waals surface area (Å²) in [6, 6.07) is 0. The molecule has 0 aromatic heterocycles. The van der Waals surface area contributed by atoms with E-state index in [1.807, 2.05) is 0 Å². The summed E-state index contributed by atoms with van der Waals surface area (Å²) < 4.78 is 5.79. The summed E-state index contributed by atoms with van der Waals surface area (Å²) in [5, 5.41) is 0. The van der Waals surface area contributed by atoms with Gasteiger partial charge in [0.2, 0.25) is 0 Å². The lowest BCUT2D eigenvalue weighted by Crippen LogP contribution is -2.53. The Morgan fingerprint density at radius 2 is 1.96 bits per heavy atom. The molecule has 124 valence electrons. The van der Waals surface area contributed by atoms with Crippen LogP contribution < -0.4 is 0 Å². The molecule has 0 aromatic rings. The smallest absolute Gasteiger partial charge is 0.178 e. The molecule has 0 heterocycles. The van der Waals surface area contributed by atoms with Gasteiger partial charge in [0.15, 0.2) is 5.78 Å². The van der Waals surface area contributed by atoms with Crippen molar-refractivity contribution in [2.24, 2.45) is 28.6 Å². The number of carbonyl (C=O) groups is 2. The molecule has 23 heavy (non-hydrogen) atoms. The summed E-state index contributed by atoms with van der Waals surface area (Å²) in [6.45, 7) is 4.46. The third-order valence-electron chi connectivity index (χ3n) is 7.55.